The number of aromatic nitrogens is 2. The Balaban J connectivity index is 1.28. The summed E-state index contributed by atoms with van der Waals surface area (Å²) in [6, 6.07) is 18.4. The van der Waals surface area contributed by atoms with E-state index in [4.69, 9.17) is 18.6 Å². The molecule has 0 spiro atoms. The first-order valence-electron chi connectivity index (χ1n) is 14.3. The Kier molecular flexibility index (Phi) is 10.6. The number of nitrogens with one attached hydrogen (secondary N) is 1. The zero-order valence-electron chi connectivity index (χ0n) is 24.1. The van der Waals surface area contributed by atoms with Gasteiger partial charge in [-0.15, -0.1) is 0 Å². The first-order chi connectivity index (χ1) is 21.6. The fraction of sp³-hybridized carbons (Fsp3) is 0.367. The number of phosphoric ester groups is 1. The van der Waals surface area contributed by atoms with Crippen LogP contribution in [0.3, 0.4) is 0 Å². The van der Waals surface area contributed by atoms with Crippen LogP contribution in [-0.4, -0.2) is 49.9 Å². The number of halogens is 1. The molecular formula is C30H33BrN3O10P. The lowest BCUT2D eigenvalue weighted by Crippen LogP contribution is -2.53. The van der Waals surface area contributed by atoms with Crippen LogP contribution < -0.4 is 16.3 Å². The van der Waals surface area contributed by atoms with Crippen molar-refractivity contribution in [1.29, 1.82) is 0 Å². The van der Waals surface area contributed by atoms with Crippen LogP contribution in [0.2, 0.25) is 0 Å². The molecule has 1 aromatic heterocycles. The van der Waals surface area contributed by atoms with Crippen LogP contribution in [0, 0.1) is 0 Å². The van der Waals surface area contributed by atoms with Crippen LogP contribution in [0.1, 0.15) is 49.5 Å². The summed E-state index contributed by atoms with van der Waals surface area (Å²) in [6.07, 6.45) is 1.24. The number of carbonyl (C=O) groups is 1. The highest BCUT2D eigenvalue weighted by Crippen LogP contribution is 2.49. The summed E-state index contributed by atoms with van der Waals surface area (Å²) in [4.78, 5) is 58.6. The summed E-state index contributed by atoms with van der Waals surface area (Å²) in [5.41, 5.74) is -1.17. The summed E-state index contributed by atoms with van der Waals surface area (Å²) in [7, 11) is -5.01. The zero-order valence-corrected chi connectivity index (χ0v) is 26.5. The summed E-state index contributed by atoms with van der Waals surface area (Å²) < 4.78 is 30.2. The van der Waals surface area contributed by atoms with Crippen LogP contribution in [-0.2, 0) is 34.6 Å². The molecule has 1 saturated heterocycles. The smallest absolute Gasteiger partial charge is 0.390 e. The van der Waals surface area contributed by atoms with Crippen LogP contribution in [0.25, 0.3) is 6.08 Å². The summed E-state index contributed by atoms with van der Waals surface area (Å²) in [5, 5.41) is 12.0. The molecule has 0 amide bonds. The molecule has 0 bridgehead atoms. The van der Waals surface area contributed by atoms with Gasteiger partial charge in [0.25, 0.3) is 5.56 Å². The predicted molar refractivity (Wildman–Crippen MR) is 167 cm³/mol. The summed E-state index contributed by atoms with van der Waals surface area (Å²) >= 11 is 3.08. The summed E-state index contributed by atoms with van der Waals surface area (Å²) in [6.45, 7) is -0.479. The number of ether oxygens (including phenoxy) is 1. The highest BCUT2D eigenvalue weighted by Gasteiger charge is 2.52. The molecule has 45 heavy (non-hydrogen) atoms. The number of hydrogen-bond acceptors (Lipinski definition) is 10. The Morgan fingerprint density at radius 1 is 1.13 bits per heavy atom. The van der Waals surface area contributed by atoms with Gasteiger partial charge in [-0.2, -0.15) is 0 Å². The van der Waals surface area contributed by atoms with Gasteiger partial charge in [0.1, 0.15) is 12.3 Å². The lowest BCUT2D eigenvalue weighted by Gasteiger charge is -2.39. The third-order valence-electron chi connectivity index (χ3n) is 7.75. The molecule has 2 fully saturated rings. The highest BCUT2D eigenvalue weighted by molar-refractivity contribution is 9.11. The van der Waals surface area contributed by atoms with Crippen molar-refractivity contribution in [3.8, 4) is 0 Å². The Labute approximate surface area is 266 Å². The quantitative estimate of drug-likeness (QED) is 0.183. The number of aliphatic hydroxyl groups excluding tert-OH is 1. The standard InChI is InChI=1S/C30H33BrN3O10P/c31-16-13-22-18-33(29(38)32-27(22)36)26-17-24(35)25(43-26)20-42-45(39,40)44-28(37)30(14-7-8-15-30)34(23-11-5-2-6-12-23)41-19-21-9-3-1-4-10-21/h1-6,9-13,16,18,24-26,35H,7-8,14-15,17,19-20H2,(H,39,40)(H,32,36,38)/b16-13+/t24-,25+,26+/m0/s1. The third kappa shape index (κ3) is 7.72. The number of anilines is 1. The lowest BCUT2D eigenvalue weighted by atomic mass is 9.96. The maximum Gasteiger partial charge on any atom is 0.529 e. The lowest BCUT2D eigenvalue weighted by molar-refractivity contribution is -0.146. The maximum absolute atomic E-state index is 13.7. The zero-order chi connectivity index (χ0) is 32.0. The molecule has 5 rings (SSSR count). The van der Waals surface area contributed by atoms with Gasteiger partial charge in [-0.05, 0) is 41.6 Å². The van der Waals surface area contributed by atoms with Gasteiger partial charge in [0.2, 0.25) is 0 Å². The van der Waals surface area contributed by atoms with Gasteiger partial charge in [-0.25, -0.2) is 19.2 Å². The van der Waals surface area contributed by atoms with E-state index in [0.717, 1.165) is 10.1 Å². The number of benzene rings is 2. The SMILES string of the molecule is O=C(OP(=O)(O)OC[C@H]1O[C@@H](n2cc(/C=C/Br)c(=O)[nH]c2=O)C[C@@H]1O)C1(N(OCc2ccccc2)c2ccccc2)CCCC1. The Bertz CT molecular complexity index is 1660. The monoisotopic (exact) mass is 705 g/mol. The number of H-pyrrole nitrogens is 1. The molecule has 2 aliphatic rings. The molecule has 3 aromatic rings. The molecule has 3 N–H and O–H groups in total. The Morgan fingerprint density at radius 2 is 1.80 bits per heavy atom. The van der Waals surface area contributed by atoms with Crippen molar-refractivity contribution in [3.63, 3.8) is 0 Å². The fourth-order valence-electron chi connectivity index (χ4n) is 5.49. The molecule has 2 heterocycles. The van der Waals surface area contributed by atoms with Gasteiger partial charge in [0.05, 0.1) is 30.6 Å². The molecule has 240 valence electrons. The second-order valence-corrected chi connectivity index (χ2v) is 12.7. The number of nitrogens with zero attached hydrogens (tertiary/aromatic N) is 2. The van der Waals surface area contributed by atoms with Gasteiger partial charge in [-0.3, -0.25) is 28.6 Å². The third-order valence-corrected chi connectivity index (χ3v) is 8.88. The van der Waals surface area contributed by atoms with Crippen LogP contribution in [0.4, 0.5) is 5.69 Å². The van der Waals surface area contributed by atoms with Gasteiger partial charge in [0, 0.05) is 12.6 Å². The topological polar surface area (TPSA) is 170 Å². The van der Waals surface area contributed by atoms with Crippen LogP contribution >= 0.6 is 23.8 Å². The van der Waals surface area contributed by atoms with Crippen molar-refractivity contribution < 1.29 is 38.0 Å². The summed E-state index contributed by atoms with van der Waals surface area (Å²) in [5.74, 6) is -0.985. The van der Waals surface area contributed by atoms with E-state index in [1.165, 1.54) is 22.3 Å². The van der Waals surface area contributed by atoms with Crippen molar-refractivity contribution in [1.82, 2.24) is 9.55 Å². The van der Waals surface area contributed by atoms with Crippen LogP contribution in [0.5, 0.6) is 0 Å². The average Bonchev–Trinajstić information content (AvgIpc) is 3.66. The van der Waals surface area contributed by atoms with Crippen molar-refractivity contribution in [3.05, 3.63) is 104 Å². The molecule has 15 heteroatoms. The minimum absolute atomic E-state index is 0.0686. The first kappa shape index (κ1) is 33.0. The number of rotatable bonds is 12. The predicted octanol–water partition coefficient (Wildman–Crippen LogP) is 4.16. The average molecular weight is 706 g/mol. The van der Waals surface area contributed by atoms with Crippen LogP contribution in [0.15, 0.2) is 81.4 Å². The molecule has 2 aromatic carbocycles. The first-order valence-corrected chi connectivity index (χ1v) is 16.7. The van der Waals surface area contributed by atoms with Gasteiger partial charge < -0.3 is 14.4 Å². The molecule has 1 unspecified atom stereocenters. The number of phosphoric acid groups is 1. The van der Waals surface area contributed by atoms with E-state index in [1.54, 1.807) is 24.3 Å². The second-order valence-electron chi connectivity index (χ2n) is 10.7. The molecule has 1 saturated carbocycles. The van der Waals surface area contributed by atoms with E-state index < -0.39 is 55.6 Å². The van der Waals surface area contributed by atoms with Gasteiger partial charge in [-0.1, -0.05) is 77.3 Å². The van der Waals surface area contributed by atoms with E-state index in [0.29, 0.717) is 31.4 Å². The second kappa shape index (κ2) is 14.4. The van der Waals surface area contributed by atoms with E-state index in [9.17, 15) is 28.9 Å². The minimum atomic E-state index is -5.01. The molecule has 1 aliphatic heterocycles. The Hall–Kier alpha value is -3.36. The van der Waals surface area contributed by atoms with Crippen molar-refractivity contribution in [2.75, 3.05) is 11.7 Å². The van der Waals surface area contributed by atoms with Crippen molar-refractivity contribution in [2.45, 2.75) is 62.7 Å². The normalized spacial score (nSPS) is 22.3. The van der Waals surface area contributed by atoms with Gasteiger partial charge >= 0.3 is 19.5 Å². The molecule has 4 atom stereocenters. The molecule has 13 nitrogen and oxygen atoms in total. The number of para-hydroxylation sites is 1. The number of aromatic amines is 1. The van der Waals surface area contributed by atoms with Gasteiger partial charge in [0.15, 0.2) is 5.54 Å². The highest BCUT2D eigenvalue weighted by atomic mass is 79.9. The maximum atomic E-state index is 13.7. The van der Waals surface area contributed by atoms with Crippen molar-refractivity contribution in [2.24, 2.45) is 0 Å². The van der Waals surface area contributed by atoms with E-state index in [-0.39, 0.29) is 18.6 Å². The number of aliphatic hydroxyl groups is 1. The fourth-order valence-corrected chi connectivity index (χ4v) is 6.55. The molecular weight excluding hydrogens is 673 g/mol. The molecule has 0 radical (unpaired) electrons. The number of hydroxylamine groups is 1. The van der Waals surface area contributed by atoms with Crippen molar-refractivity contribution >= 4 is 41.5 Å². The largest absolute Gasteiger partial charge is 0.529 e. The minimum Gasteiger partial charge on any atom is -0.390 e. The van der Waals surface area contributed by atoms with E-state index >= 15 is 0 Å². The molecule has 1 aliphatic carbocycles. The number of carbonyl (C=O) groups excluding carboxylic acids is 1. The van der Waals surface area contributed by atoms with E-state index in [2.05, 4.69) is 20.9 Å². The Morgan fingerprint density at radius 3 is 2.47 bits per heavy atom. The van der Waals surface area contributed by atoms with E-state index in [1.807, 2.05) is 36.4 Å². The number of hydrogen-bond donors (Lipinski definition) is 3.